The van der Waals surface area contributed by atoms with Gasteiger partial charge in [-0.2, -0.15) is 0 Å². The molecule has 0 aliphatic carbocycles. The summed E-state index contributed by atoms with van der Waals surface area (Å²) in [4.78, 5) is 39.9. The largest absolute Gasteiger partial charge is 0.325 e. The van der Waals surface area contributed by atoms with Crippen LogP contribution in [-0.2, 0) is 20.5 Å². The van der Waals surface area contributed by atoms with Gasteiger partial charge in [-0.05, 0) is 41.2 Å². The van der Waals surface area contributed by atoms with E-state index in [4.69, 9.17) is 0 Å². The van der Waals surface area contributed by atoms with E-state index in [1.807, 2.05) is 45.9 Å². The van der Waals surface area contributed by atoms with Crippen molar-refractivity contribution in [2.24, 2.45) is 0 Å². The number of nitrogens with one attached hydrogen (secondary N) is 2. The number of unbranched alkanes of at least 4 members (excludes halogenated alkanes) is 1. The molecule has 1 saturated heterocycles. The quantitative estimate of drug-likeness (QED) is 0.614. The molecular formula is C25H30FN3O3. The predicted molar refractivity (Wildman–Crippen MR) is 122 cm³/mol. The van der Waals surface area contributed by atoms with Crippen molar-refractivity contribution >= 4 is 23.5 Å². The second-order valence-corrected chi connectivity index (χ2v) is 9.18. The summed E-state index contributed by atoms with van der Waals surface area (Å²) in [5, 5.41) is 5.62. The van der Waals surface area contributed by atoms with E-state index in [-0.39, 0.29) is 5.41 Å². The second-order valence-electron chi connectivity index (χ2n) is 9.18. The summed E-state index contributed by atoms with van der Waals surface area (Å²) in [5.74, 6) is -1.39. The number of hydrogen-bond acceptors (Lipinski definition) is 3. The number of carbonyl (C=O) groups is 3. The minimum Gasteiger partial charge on any atom is -0.324 e. The fourth-order valence-corrected chi connectivity index (χ4v) is 4.03. The van der Waals surface area contributed by atoms with Crippen LogP contribution in [0.1, 0.15) is 58.1 Å². The lowest BCUT2D eigenvalue weighted by Gasteiger charge is -2.27. The van der Waals surface area contributed by atoms with E-state index in [1.165, 1.54) is 24.3 Å². The van der Waals surface area contributed by atoms with Crippen molar-refractivity contribution in [1.29, 1.82) is 0 Å². The maximum atomic E-state index is 13.5. The molecule has 1 aliphatic rings. The van der Waals surface area contributed by atoms with E-state index in [2.05, 4.69) is 10.6 Å². The van der Waals surface area contributed by atoms with Gasteiger partial charge in [0.15, 0.2) is 0 Å². The zero-order valence-electron chi connectivity index (χ0n) is 19.0. The van der Waals surface area contributed by atoms with Gasteiger partial charge < -0.3 is 10.6 Å². The SMILES string of the molecule is CCCCC1(c2ccc(F)cc2)NC(=O)N(CC(=O)Nc2ccccc2C(C)(C)C)C1=O. The summed E-state index contributed by atoms with van der Waals surface area (Å²) in [7, 11) is 0. The molecule has 2 aromatic rings. The molecule has 170 valence electrons. The van der Waals surface area contributed by atoms with Gasteiger partial charge in [-0.15, -0.1) is 0 Å². The molecule has 0 bridgehead atoms. The van der Waals surface area contributed by atoms with Crippen LogP contribution in [0.3, 0.4) is 0 Å². The van der Waals surface area contributed by atoms with Gasteiger partial charge in [-0.3, -0.25) is 14.5 Å². The molecular weight excluding hydrogens is 409 g/mol. The van der Waals surface area contributed by atoms with E-state index in [0.29, 0.717) is 24.1 Å². The molecule has 6 nitrogen and oxygen atoms in total. The number of amides is 4. The van der Waals surface area contributed by atoms with Gasteiger partial charge in [-0.1, -0.05) is 70.9 Å². The maximum absolute atomic E-state index is 13.5. The van der Waals surface area contributed by atoms with E-state index in [0.717, 1.165) is 16.9 Å². The average Bonchev–Trinajstić information content (AvgIpc) is 2.97. The Hall–Kier alpha value is -3.22. The topological polar surface area (TPSA) is 78.5 Å². The third-order valence-electron chi connectivity index (χ3n) is 5.73. The van der Waals surface area contributed by atoms with Crippen molar-refractivity contribution < 1.29 is 18.8 Å². The summed E-state index contributed by atoms with van der Waals surface area (Å²) in [6.07, 6.45) is 1.86. The molecule has 1 aliphatic heterocycles. The average molecular weight is 440 g/mol. The molecule has 1 atom stereocenters. The van der Waals surface area contributed by atoms with Gasteiger partial charge in [0.05, 0.1) is 0 Å². The number of rotatable bonds is 7. The van der Waals surface area contributed by atoms with Gasteiger partial charge in [0.2, 0.25) is 5.91 Å². The number of para-hydroxylation sites is 1. The number of halogens is 1. The first kappa shape index (κ1) is 23.4. The minimum absolute atomic E-state index is 0.192. The molecule has 2 aromatic carbocycles. The van der Waals surface area contributed by atoms with Gasteiger partial charge in [0.1, 0.15) is 17.9 Å². The van der Waals surface area contributed by atoms with Crippen LogP contribution in [0.25, 0.3) is 0 Å². The lowest BCUT2D eigenvalue weighted by molar-refractivity contribution is -0.134. The van der Waals surface area contributed by atoms with Gasteiger partial charge in [0, 0.05) is 5.69 Å². The van der Waals surface area contributed by atoms with E-state index < -0.39 is 35.7 Å². The van der Waals surface area contributed by atoms with Crippen molar-refractivity contribution in [3.8, 4) is 0 Å². The Bertz CT molecular complexity index is 1010. The fraction of sp³-hybridized carbons (Fsp3) is 0.400. The Labute approximate surface area is 188 Å². The third kappa shape index (κ3) is 4.66. The molecule has 0 spiro atoms. The lowest BCUT2D eigenvalue weighted by Crippen LogP contribution is -2.44. The molecule has 1 unspecified atom stereocenters. The fourth-order valence-electron chi connectivity index (χ4n) is 4.03. The molecule has 1 fully saturated rings. The second kappa shape index (κ2) is 9.10. The Balaban J connectivity index is 1.83. The zero-order valence-corrected chi connectivity index (χ0v) is 19.0. The highest BCUT2D eigenvalue weighted by atomic mass is 19.1. The Morgan fingerprint density at radius 2 is 1.75 bits per heavy atom. The molecule has 0 aromatic heterocycles. The highest BCUT2D eigenvalue weighted by Gasteiger charge is 2.52. The normalized spacial score (nSPS) is 18.6. The standard InChI is InChI=1S/C25H30FN3O3/c1-5-6-15-25(17-11-13-18(26)14-12-17)22(31)29(23(32)28-25)16-21(30)27-20-10-8-7-9-19(20)24(2,3)4/h7-14H,5-6,15-16H2,1-4H3,(H,27,30)(H,28,32). The van der Waals surface area contributed by atoms with Crippen molar-refractivity contribution in [3.63, 3.8) is 0 Å². The number of nitrogens with zero attached hydrogens (tertiary/aromatic N) is 1. The summed E-state index contributed by atoms with van der Waals surface area (Å²) in [5.41, 5.74) is 0.612. The zero-order chi connectivity index (χ0) is 23.5. The molecule has 2 N–H and O–H groups in total. The number of benzene rings is 2. The number of imide groups is 1. The maximum Gasteiger partial charge on any atom is 0.325 e. The molecule has 32 heavy (non-hydrogen) atoms. The lowest BCUT2D eigenvalue weighted by atomic mass is 9.84. The molecule has 0 saturated carbocycles. The Kier molecular flexibility index (Phi) is 6.67. The third-order valence-corrected chi connectivity index (χ3v) is 5.73. The highest BCUT2D eigenvalue weighted by molar-refractivity contribution is 6.10. The first-order valence-electron chi connectivity index (χ1n) is 10.9. The number of anilines is 1. The smallest absolute Gasteiger partial charge is 0.324 e. The van der Waals surface area contributed by atoms with Crippen molar-refractivity contribution in [1.82, 2.24) is 10.2 Å². The summed E-state index contributed by atoms with van der Waals surface area (Å²) in [6.45, 7) is 7.70. The first-order chi connectivity index (χ1) is 15.1. The minimum atomic E-state index is -1.30. The predicted octanol–water partition coefficient (Wildman–Crippen LogP) is 4.70. The molecule has 0 radical (unpaired) electrons. The summed E-state index contributed by atoms with van der Waals surface area (Å²) < 4.78 is 13.5. The molecule has 7 heteroatoms. The number of urea groups is 1. The summed E-state index contributed by atoms with van der Waals surface area (Å²) in [6, 6.07) is 12.4. The van der Waals surface area contributed by atoms with Crippen molar-refractivity contribution in [3.05, 3.63) is 65.5 Å². The van der Waals surface area contributed by atoms with E-state index >= 15 is 0 Å². The van der Waals surface area contributed by atoms with Gasteiger partial charge in [-0.25, -0.2) is 9.18 Å². The monoisotopic (exact) mass is 439 g/mol. The van der Waals surface area contributed by atoms with Crippen LogP contribution in [0, 0.1) is 5.82 Å². The number of hydrogen-bond donors (Lipinski definition) is 2. The van der Waals surface area contributed by atoms with Crippen LogP contribution in [-0.4, -0.2) is 29.3 Å². The van der Waals surface area contributed by atoms with E-state index in [1.54, 1.807) is 6.07 Å². The van der Waals surface area contributed by atoms with Crippen LogP contribution >= 0.6 is 0 Å². The summed E-state index contributed by atoms with van der Waals surface area (Å²) >= 11 is 0. The van der Waals surface area contributed by atoms with Crippen molar-refractivity contribution in [2.75, 3.05) is 11.9 Å². The molecule has 1 heterocycles. The number of carbonyl (C=O) groups excluding carboxylic acids is 3. The Morgan fingerprint density at radius 3 is 2.38 bits per heavy atom. The van der Waals surface area contributed by atoms with Crippen LogP contribution in [0.15, 0.2) is 48.5 Å². The van der Waals surface area contributed by atoms with Crippen molar-refractivity contribution in [2.45, 2.75) is 57.9 Å². The molecule has 3 rings (SSSR count). The molecule has 4 amide bonds. The highest BCUT2D eigenvalue weighted by Crippen LogP contribution is 2.34. The Morgan fingerprint density at radius 1 is 1.09 bits per heavy atom. The first-order valence-corrected chi connectivity index (χ1v) is 10.9. The van der Waals surface area contributed by atoms with Crippen LogP contribution in [0.5, 0.6) is 0 Å². The van der Waals surface area contributed by atoms with Gasteiger partial charge >= 0.3 is 6.03 Å². The van der Waals surface area contributed by atoms with Crippen LogP contribution in [0.2, 0.25) is 0 Å². The van der Waals surface area contributed by atoms with Crippen LogP contribution < -0.4 is 10.6 Å². The van der Waals surface area contributed by atoms with Gasteiger partial charge in [0.25, 0.3) is 5.91 Å². The van der Waals surface area contributed by atoms with Crippen LogP contribution in [0.4, 0.5) is 14.9 Å². The van der Waals surface area contributed by atoms with E-state index in [9.17, 15) is 18.8 Å².